The van der Waals surface area contributed by atoms with Gasteiger partial charge in [-0.25, -0.2) is 8.42 Å². The van der Waals surface area contributed by atoms with Gasteiger partial charge in [-0.05, 0) is 24.3 Å². The second-order valence-corrected chi connectivity index (χ2v) is 6.41. The second kappa shape index (κ2) is 4.12. The van der Waals surface area contributed by atoms with Crippen LogP contribution in [0.1, 0.15) is 0 Å². The molecule has 0 aliphatic heterocycles. The Hall–Kier alpha value is -1.76. The molecule has 2 aromatic carbocycles. The second-order valence-electron chi connectivity index (χ2n) is 4.01. The molecular weight excluding hydrogens is 284 g/mol. The fourth-order valence-corrected chi connectivity index (χ4v) is 4.09. The van der Waals surface area contributed by atoms with E-state index in [1.54, 1.807) is 24.3 Å². The van der Waals surface area contributed by atoms with Gasteiger partial charge in [0.15, 0.2) is 5.43 Å². The first-order valence-corrected chi connectivity index (χ1v) is 7.61. The summed E-state index contributed by atoms with van der Waals surface area (Å²) in [6.45, 7) is 0. The zero-order valence-corrected chi connectivity index (χ0v) is 11.1. The van der Waals surface area contributed by atoms with Crippen LogP contribution < -0.4 is 5.43 Å². The highest BCUT2D eigenvalue weighted by Crippen LogP contribution is 2.29. The van der Waals surface area contributed by atoms with E-state index in [1.165, 1.54) is 18.2 Å². The van der Waals surface area contributed by atoms with E-state index in [0.717, 1.165) is 11.3 Å². The van der Waals surface area contributed by atoms with E-state index >= 15 is 0 Å². The summed E-state index contributed by atoms with van der Waals surface area (Å²) in [4.78, 5) is 11.9. The summed E-state index contributed by atoms with van der Waals surface area (Å²) in [6, 6.07) is 11.1. The summed E-state index contributed by atoms with van der Waals surface area (Å²) in [5.74, 6) is 0. The van der Waals surface area contributed by atoms with Gasteiger partial charge < -0.3 is 4.55 Å². The molecule has 0 saturated heterocycles. The van der Waals surface area contributed by atoms with E-state index in [9.17, 15) is 17.8 Å². The molecule has 4 nitrogen and oxygen atoms in total. The first-order chi connectivity index (χ1) is 8.98. The molecule has 1 heterocycles. The molecule has 0 saturated carbocycles. The number of benzene rings is 2. The Kier molecular flexibility index (Phi) is 2.67. The minimum absolute atomic E-state index is 0.223. The van der Waals surface area contributed by atoms with E-state index in [0.29, 0.717) is 10.1 Å². The summed E-state index contributed by atoms with van der Waals surface area (Å²) in [5, 5.41) is 0.793. The SMILES string of the molecule is O=c1c2ccccc2sc2c(S(=O)(=O)[O-])cccc12. The van der Waals surface area contributed by atoms with E-state index in [4.69, 9.17) is 0 Å². The maximum atomic E-state index is 12.3. The van der Waals surface area contributed by atoms with Crippen LogP contribution in [-0.4, -0.2) is 13.0 Å². The Bertz CT molecular complexity index is 955. The summed E-state index contributed by atoms with van der Waals surface area (Å²) < 4.78 is 34.6. The van der Waals surface area contributed by atoms with Gasteiger partial charge in [-0.2, -0.15) is 0 Å². The van der Waals surface area contributed by atoms with Crippen LogP contribution >= 0.6 is 11.3 Å². The monoisotopic (exact) mass is 291 g/mol. The Morgan fingerprint density at radius 1 is 0.947 bits per heavy atom. The minimum atomic E-state index is -4.59. The Morgan fingerprint density at radius 3 is 2.37 bits per heavy atom. The van der Waals surface area contributed by atoms with Crippen LogP contribution in [0.3, 0.4) is 0 Å². The summed E-state index contributed by atoms with van der Waals surface area (Å²) in [6.07, 6.45) is 0. The van der Waals surface area contributed by atoms with Crippen molar-refractivity contribution in [3.8, 4) is 0 Å². The lowest BCUT2D eigenvalue weighted by Gasteiger charge is -2.10. The number of hydrogen-bond acceptors (Lipinski definition) is 5. The Balaban J connectivity index is 2.63. The van der Waals surface area contributed by atoms with Crippen LogP contribution in [0.25, 0.3) is 20.2 Å². The molecule has 19 heavy (non-hydrogen) atoms. The van der Waals surface area contributed by atoms with Crippen molar-refractivity contribution in [2.75, 3.05) is 0 Å². The van der Waals surface area contributed by atoms with Gasteiger partial charge >= 0.3 is 0 Å². The fourth-order valence-electron chi connectivity index (χ4n) is 2.00. The van der Waals surface area contributed by atoms with E-state index in [1.807, 2.05) is 0 Å². The number of rotatable bonds is 1. The maximum Gasteiger partial charge on any atom is 0.195 e. The van der Waals surface area contributed by atoms with Crippen molar-refractivity contribution in [2.24, 2.45) is 0 Å². The van der Waals surface area contributed by atoms with Gasteiger partial charge in [0.2, 0.25) is 0 Å². The molecule has 0 fully saturated rings. The smallest absolute Gasteiger partial charge is 0.195 e. The van der Waals surface area contributed by atoms with Crippen LogP contribution in [-0.2, 0) is 10.1 Å². The van der Waals surface area contributed by atoms with Gasteiger partial charge in [-0.15, -0.1) is 11.3 Å². The third-order valence-corrected chi connectivity index (χ3v) is 5.06. The molecule has 3 rings (SSSR count). The average Bonchev–Trinajstić information content (AvgIpc) is 2.37. The molecule has 6 heteroatoms. The molecular formula is C13H7O4S2-. The molecule has 0 amide bonds. The van der Waals surface area contributed by atoms with Crippen LogP contribution in [0.5, 0.6) is 0 Å². The molecule has 0 spiro atoms. The lowest BCUT2D eigenvalue weighted by Crippen LogP contribution is -2.05. The van der Waals surface area contributed by atoms with Gasteiger partial charge in [0.1, 0.15) is 10.1 Å². The van der Waals surface area contributed by atoms with Crippen molar-refractivity contribution >= 4 is 41.6 Å². The minimum Gasteiger partial charge on any atom is -0.744 e. The normalized spacial score (nSPS) is 12.1. The number of hydrogen-bond donors (Lipinski definition) is 0. The summed E-state index contributed by atoms with van der Waals surface area (Å²) >= 11 is 1.14. The highest BCUT2D eigenvalue weighted by molar-refractivity contribution is 7.86. The molecule has 96 valence electrons. The molecule has 0 N–H and O–H groups in total. The molecule has 0 atom stereocenters. The molecule has 3 aromatic rings. The van der Waals surface area contributed by atoms with Crippen LogP contribution in [0.15, 0.2) is 52.2 Å². The third-order valence-electron chi connectivity index (χ3n) is 2.84. The zero-order chi connectivity index (χ0) is 13.6. The topological polar surface area (TPSA) is 74.3 Å². The molecule has 0 aliphatic rings. The summed E-state index contributed by atoms with van der Waals surface area (Å²) in [7, 11) is -4.59. The van der Waals surface area contributed by atoms with Crippen LogP contribution in [0.4, 0.5) is 0 Å². The molecule has 0 unspecified atom stereocenters. The van der Waals surface area contributed by atoms with Crippen LogP contribution in [0, 0.1) is 0 Å². The largest absolute Gasteiger partial charge is 0.744 e. The quantitative estimate of drug-likeness (QED) is 0.509. The van der Waals surface area contributed by atoms with Gasteiger partial charge in [0.05, 0.1) is 9.60 Å². The highest BCUT2D eigenvalue weighted by atomic mass is 32.2. The maximum absolute atomic E-state index is 12.3. The Labute approximate surface area is 112 Å². The first-order valence-electron chi connectivity index (χ1n) is 5.39. The van der Waals surface area contributed by atoms with Gasteiger partial charge in [0, 0.05) is 15.5 Å². The standard InChI is InChI=1S/C13H8O4S2/c14-12-8-4-1-2-6-10(8)18-13-9(12)5-3-7-11(13)19(15,16)17/h1-7H,(H,15,16,17)/p-1. The van der Waals surface area contributed by atoms with Gasteiger partial charge in [-0.1, -0.05) is 18.2 Å². The van der Waals surface area contributed by atoms with Crippen molar-refractivity contribution in [3.05, 3.63) is 52.7 Å². The van der Waals surface area contributed by atoms with Crippen molar-refractivity contribution in [2.45, 2.75) is 4.90 Å². The van der Waals surface area contributed by atoms with E-state index < -0.39 is 10.1 Å². The van der Waals surface area contributed by atoms with Gasteiger partial charge in [-0.3, -0.25) is 4.79 Å². The van der Waals surface area contributed by atoms with E-state index in [-0.39, 0.29) is 20.4 Å². The van der Waals surface area contributed by atoms with Crippen molar-refractivity contribution in [3.63, 3.8) is 0 Å². The number of fused-ring (bicyclic) bond motifs is 2. The lowest BCUT2D eigenvalue weighted by atomic mass is 10.2. The van der Waals surface area contributed by atoms with E-state index in [2.05, 4.69) is 0 Å². The van der Waals surface area contributed by atoms with Crippen molar-refractivity contribution < 1.29 is 13.0 Å². The Morgan fingerprint density at radius 2 is 1.63 bits per heavy atom. The predicted molar refractivity (Wildman–Crippen MR) is 73.6 cm³/mol. The predicted octanol–water partition coefficient (Wildman–Crippen LogP) is 2.32. The molecule has 0 radical (unpaired) electrons. The van der Waals surface area contributed by atoms with Crippen molar-refractivity contribution in [1.29, 1.82) is 0 Å². The third kappa shape index (κ3) is 1.94. The lowest BCUT2D eigenvalue weighted by molar-refractivity contribution is 0.464. The van der Waals surface area contributed by atoms with Crippen molar-refractivity contribution in [1.82, 2.24) is 0 Å². The fraction of sp³-hybridized carbons (Fsp3) is 0. The van der Waals surface area contributed by atoms with Crippen LogP contribution in [0.2, 0.25) is 0 Å². The highest BCUT2D eigenvalue weighted by Gasteiger charge is 2.12. The average molecular weight is 291 g/mol. The zero-order valence-electron chi connectivity index (χ0n) is 9.49. The first kappa shape index (κ1) is 12.3. The van der Waals surface area contributed by atoms with Gasteiger partial charge in [0.25, 0.3) is 0 Å². The molecule has 0 bridgehead atoms. The molecule has 0 aliphatic carbocycles. The summed E-state index contributed by atoms with van der Waals surface area (Å²) in [5.41, 5.74) is -0.255. The molecule has 1 aromatic heterocycles.